The van der Waals surface area contributed by atoms with E-state index in [4.69, 9.17) is 0 Å². The molecule has 1 aliphatic rings. The second-order valence-electron chi connectivity index (χ2n) is 6.26. The van der Waals surface area contributed by atoms with E-state index in [2.05, 4.69) is 9.88 Å². The van der Waals surface area contributed by atoms with Crippen molar-refractivity contribution in [2.24, 2.45) is 5.92 Å². The van der Waals surface area contributed by atoms with Crippen LogP contribution in [-0.2, 0) is 11.2 Å². The van der Waals surface area contributed by atoms with E-state index >= 15 is 0 Å². The summed E-state index contributed by atoms with van der Waals surface area (Å²) in [6, 6.07) is 12.3. The first-order chi connectivity index (χ1) is 11.6. The Bertz CT molecular complexity index is 676. The number of piperidine rings is 1. The highest BCUT2D eigenvalue weighted by Crippen LogP contribution is 2.29. The summed E-state index contributed by atoms with van der Waals surface area (Å²) in [5, 5.41) is 9.35. The van der Waals surface area contributed by atoms with Crippen LogP contribution in [0.3, 0.4) is 0 Å². The molecule has 0 amide bonds. The zero-order chi connectivity index (χ0) is 16.9. The Morgan fingerprint density at radius 3 is 2.75 bits per heavy atom. The molecule has 0 bridgehead atoms. The van der Waals surface area contributed by atoms with Crippen molar-refractivity contribution in [2.45, 2.75) is 25.3 Å². The van der Waals surface area contributed by atoms with Crippen molar-refractivity contribution in [1.29, 1.82) is 0 Å². The van der Waals surface area contributed by atoms with Crippen molar-refractivity contribution in [1.82, 2.24) is 9.88 Å². The molecule has 24 heavy (non-hydrogen) atoms. The molecular formula is C19H21FN2O2. The van der Waals surface area contributed by atoms with Gasteiger partial charge in [0.15, 0.2) is 0 Å². The summed E-state index contributed by atoms with van der Waals surface area (Å²) in [6.45, 7) is 1.36. The van der Waals surface area contributed by atoms with Gasteiger partial charge in [-0.1, -0.05) is 18.2 Å². The third kappa shape index (κ3) is 3.97. The molecule has 2 atom stereocenters. The Hall–Kier alpha value is -2.27. The molecular weight excluding hydrogens is 307 g/mol. The number of carboxylic acids is 1. The van der Waals surface area contributed by atoms with E-state index in [0.717, 1.165) is 24.2 Å². The van der Waals surface area contributed by atoms with Crippen molar-refractivity contribution in [2.75, 3.05) is 13.1 Å². The zero-order valence-corrected chi connectivity index (χ0v) is 13.4. The number of aliphatic carboxylic acids is 1. The fourth-order valence-electron chi connectivity index (χ4n) is 3.35. The van der Waals surface area contributed by atoms with Gasteiger partial charge in [0.1, 0.15) is 5.82 Å². The molecule has 3 rings (SSSR count). The quantitative estimate of drug-likeness (QED) is 0.915. The first-order valence-electron chi connectivity index (χ1n) is 8.25. The van der Waals surface area contributed by atoms with E-state index in [1.807, 2.05) is 18.2 Å². The fraction of sp³-hybridized carbons (Fsp3) is 0.368. The van der Waals surface area contributed by atoms with Crippen molar-refractivity contribution in [3.05, 3.63) is 65.7 Å². The molecule has 0 saturated carbocycles. The van der Waals surface area contributed by atoms with Crippen LogP contribution in [0.4, 0.5) is 4.39 Å². The lowest BCUT2D eigenvalue weighted by Gasteiger charge is -2.37. The fourth-order valence-corrected chi connectivity index (χ4v) is 3.35. The molecule has 2 unspecified atom stereocenters. The number of carboxylic acid groups (broad SMARTS) is 1. The summed E-state index contributed by atoms with van der Waals surface area (Å²) in [4.78, 5) is 18.0. The summed E-state index contributed by atoms with van der Waals surface area (Å²) in [5.74, 6) is -1.35. The minimum atomic E-state index is -0.740. The normalized spacial score (nSPS) is 19.8. The van der Waals surface area contributed by atoms with E-state index in [-0.39, 0.29) is 17.8 Å². The average molecular weight is 328 g/mol. The summed E-state index contributed by atoms with van der Waals surface area (Å²) in [7, 11) is 0. The molecule has 1 aliphatic heterocycles. The molecule has 0 radical (unpaired) electrons. The Kier molecular flexibility index (Phi) is 5.20. The minimum Gasteiger partial charge on any atom is -0.481 e. The maximum Gasteiger partial charge on any atom is 0.307 e. The van der Waals surface area contributed by atoms with Crippen molar-refractivity contribution in [3.63, 3.8) is 0 Å². The SMILES string of the molecule is O=C(O)C1CCCN(C(Cc2ccccn2)c2ccc(F)cc2)C1. The maximum absolute atomic E-state index is 13.3. The van der Waals surface area contributed by atoms with Crippen molar-refractivity contribution >= 4 is 5.97 Å². The van der Waals surface area contributed by atoms with Gasteiger partial charge in [-0.15, -0.1) is 0 Å². The van der Waals surface area contributed by atoms with E-state index in [0.29, 0.717) is 19.4 Å². The molecule has 1 N–H and O–H groups in total. The summed E-state index contributed by atoms with van der Waals surface area (Å²) in [6.07, 6.45) is 4.01. The van der Waals surface area contributed by atoms with Gasteiger partial charge in [0.25, 0.3) is 0 Å². The second kappa shape index (κ2) is 7.53. The van der Waals surface area contributed by atoms with Gasteiger partial charge in [-0.25, -0.2) is 4.39 Å². The van der Waals surface area contributed by atoms with Gasteiger partial charge in [0.05, 0.1) is 5.92 Å². The first kappa shape index (κ1) is 16.6. The Morgan fingerprint density at radius 2 is 2.08 bits per heavy atom. The molecule has 1 aromatic heterocycles. The van der Waals surface area contributed by atoms with Crippen LogP contribution < -0.4 is 0 Å². The number of carbonyl (C=O) groups is 1. The minimum absolute atomic E-state index is 0.00245. The Balaban J connectivity index is 1.86. The van der Waals surface area contributed by atoms with Gasteiger partial charge >= 0.3 is 5.97 Å². The smallest absolute Gasteiger partial charge is 0.307 e. The number of nitrogens with zero attached hydrogens (tertiary/aromatic N) is 2. The van der Waals surface area contributed by atoms with Gasteiger partial charge in [0.2, 0.25) is 0 Å². The highest BCUT2D eigenvalue weighted by molar-refractivity contribution is 5.70. The summed E-state index contributed by atoms with van der Waals surface area (Å²) >= 11 is 0. The van der Waals surface area contributed by atoms with Crippen LogP contribution >= 0.6 is 0 Å². The van der Waals surface area contributed by atoms with Crippen LogP contribution in [0.25, 0.3) is 0 Å². The van der Waals surface area contributed by atoms with E-state index in [1.165, 1.54) is 12.1 Å². The average Bonchev–Trinajstić information content (AvgIpc) is 2.61. The predicted octanol–water partition coefficient (Wildman–Crippen LogP) is 3.30. The number of pyridine rings is 1. The highest BCUT2D eigenvalue weighted by Gasteiger charge is 2.30. The van der Waals surface area contributed by atoms with E-state index in [9.17, 15) is 14.3 Å². The third-order valence-corrected chi connectivity index (χ3v) is 4.63. The highest BCUT2D eigenvalue weighted by atomic mass is 19.1. The molecule has 2 aromatic rings. The van der Waals surface area contributed by atoms with Gasteiger partial charge in [-0.2, -0.15) is 0 Å². The Morgan fingerprint density at radius 1 is 1.29 bits per heavy atom. The topological polar surface area (TPSA) is 53.4 Å². The maximum atomic E-state index is 13.3. The molecule has 1 saturated heterocycles. The van der Waals surface area contributed by atoms with Gasteiger partial charge in [-0.3, -0.25) is 14.7 Å². The first-order valence-corrected chi connectivity index (χ1v) is 8.25. The molecule has 126 valence electrons. The van der Waals surface area contributed by atoms with Gasteiger partial charge in [-0.05, 0) is 49.2 Å². The van der Waals surface area contributed by atoms with Gasteiger partial charge < -0.3 is 5.11 Å². The molecule has 1 aromatic carbocycles. The number of halogens is 1. The van der Waals surface area contributed by atoms with Crippen LogP contribution in [0, 0.1) is 11.7 Å². The number of hydrogen-bond donors (Lipinski definition) is 1. The van der Waals surface area contributed by atoms with Crippen LogP contribution in [0.2, 0.25) is 0 Å². The number of rotatable bonds is 5. The zero-order valence-electron chi connectivity index (χ0n) is 13.4. The molecule has 0 aliphatic carbocycles. The summed E-state index contributed by atoms with van der Waals surface area (Å²) in [5.41, 5.74) is 1.94. The number of hydrogen-bond acceptors (Lipinski definition) is 3. The molecule has 4 nitrogen and oxygen atoms in total. The van der Waals surface area contributed by atoms with E-state index in [1.54, 1.807) is 18.3 Å². The van der Waals surface area contributed by atoms with Gasteiger partial charge in [0, 0.05) is 30.9 Å². The molecule has 2 heterocycles. The Labute approximate surface area is 141 Å². The van der Waals surface area contributed by atoms with Crippen LogP contribution in [0.5, 0.6) is 0 Å². The lowest BCUT2D eigenvalue weighted by atomic mass is 9.93. The molecule has 5 heteroatoms. The standard InChI is InChI=1S/C19H21FN2O2/c20-16-8-6-14(7-9-16)18(12-17-5-1-2-10-21-17)22-11-3-4-15(13-22)19(23)24/h1-2,5-10,15,18H,3-4,11-13H2,(H,23,24). The number of likely N-dealkylation sites (tertiary alicyclic amines) is 1. The lowest BCUT2D eigenvalue weighted by molar-refractivity contribution is -0.144. The van der Waals surface area contributed by atoms with E-state index < -0.39 is 5.97 Å². The predicted molar refractivity (Wildman–Crippen MR) is 89.0 cm³/mol. The van der Waals surface area contributed by atoms with Crippen LogP contribution in [0.1, 0.15) is 30.1 Å². The van der Waals surface area contributed by atoms with Crippen molar-refractivity contribution in [3.8, 4) is 0 Å². The monoisotopic (exact) mass is 328 g/mol. The number of aromatic nitrogens is 1. The molecule has 0 spiro atoms. The second-order valence-corrected chi connectivity index (χ2v) is 6.26. The lowest BCUT2D eigenvalue weighted by Crippen LogP contribution is -2.41. The largest absolute Gasteiger partial charge is 0.481 e. The third-order valence-electron chi connectivity index (χ3n) is 4.63. The summed E-state index contributed by atoms with van der Waals surface area (Å²) < 4.78 is 13.3. The van der Waals surface area contributed by atoms with Crippen molar-refractivity contribution < 1.29 is 14.3 Å². The number of benzene rings is 1. The molecule has 1 fully saturated rings. The van der Waals surface area contributed by atoms with Crippen LogP contribution in [0.15, 0.2) is 48.7 Å². The van der Waals surface area contributed by atoms with Crippen LogP contribution in [-0.4, -0.2) is 34.0 Å².